The minimum absolute atomic E-state index is 0.00101. The maximum absolute atomic E-state index is 13.6. The van der Waals surface area contributed by atoms with Gasteiger partial charge in [-0.15, -0.1) is 0 Å². The monoisotopic (exact) mass is 482 g/mol. The molecule has 0 bridgehead atoms. The van der Waals surface area contributed by atoms with Crippen LogP contribution in [0.2, 0.25) is 0 Å². The summed E-state index contributed by atoms with van der Waals surface area (Å²) >= 11 is 0. The van der Waals surface area contributed by atoms with Crippen molar-refractivity contribution in [1.82, 2.24) is 0 Å². The van der Waals surface area contributed by atoms with E-state index in [1.54, 1.807) is 24.3 Å². The number of rotatable bonds is 12. The van der Waals surface area contributed by atoms with Crippen LogP contribution in [0.4, 0.5) is 0 Å². The summed E-state index contributed by atoms with van der Waals surface area (Å²) in [5.74, 6) is 0. The van der Waals surface area contributed by atoms with E-state index in [1.807, 2.05) is 67.6 Å². The van der Waals surface area contributed by atoms with Crippen LogP contribution in [0.25, 0.3) is 0 Å². The summed E-state index contributed by atoms with van der Waals surface area (Å²) in [6, 6.07) is 25.9. The van der Waals surface area contributed by atoms with Gasteiger partial charge < -0.3 is 19.3 Å². The van der Waals surface area contributed by atoms with E-state index in [-0.39, 0.29) is 24.5 Å². The highest BCUT2D eigenvalue weighted by Gasteiger charge is 2.67. The average Bonchev–Trinajstić information content (AvgIpc) is 3.55. The predicted octanol–water partition coefficient (Wildman–Crippen LogP) is 4.05. The Kier molecular flexibility index (Phi) is 7.80. The zero-order valence-corrected chi connectivity index (χ0v) is 20.0. The summed E-state index contributed by atoms with van der Waals surface area (Å²) < 4.78 is 44.3. The number of epoxide rings is 1. The molecule has 180 valence electrons. The van der Waals surface area contributed by atoms with Gasteiger partial charge in [-0.25, -0.2) is 8.42 Å². The van der Waals surface area contributed by atoms with E-state index in [0.717, 1.165) is 16.7 Å². The Balaban J connectivity index is 1.43. The lowest BCUT2D eigenvalue weighted by molar-refractivity contribution is 0.0185. The summed E-state index contributed by atoms with van der Waals surface area (Å²) in [6.45, 7) is 2.69. The zero-order chi connectivity index (χ0) is 24.0. The molecule has 34 heavy (non-hydrogen) atoms. The van der Waals surface area contributed by atoms with Crippen LogP contribution in [0, 0.1) is 6.92 Å². The Bertz CT molecular complexity index is 1150. The second-order valence-corrected chi connectivity index (χ2v) is 10.8. The lowest BCUT2D eigenvalue weighted by atomic mass is 10.1. The molecule has 0 amide bonds. The van der Waals surface area contributed by atoms with E-state index >= 15 is 0 Å². The van der Waals surface area contributed by atoms with Crippen LogP contribution in [0.5, 0.6) is 0 Å². The van der Waals surface area contributed by atoms with Crippen LogP contribution >= 0.6 is 0 Å². The Hall–Kier alpha value is -2.55. The molecule has 1 heterocycles. The molecule has 0 aromatic heterocycles. The number of aliphatic hydroxyl groups is 1. The van der Waals surface area contributed by atoms with E-state index in [1.165, 1.54) is 0 Å². The first kappa shape index (κ1) is 24.6. The lowest BCUT2D eigenvalue weighted by Gasteiger charge is -2.19. The van der Waals surface area contributed by atoms with Crippen LogP contribution in [0.3, 0.4) is 0 Å². The van der Waals surface area contributed by atoms with Gasteiger partial charge in [0.05, 0.1) is 37.4 Å². The number of aryl methyl sites for hydroxylation is 1. The maximum Gasteiger partial charge on any atom is 0.210 e. The molecule has 0 unspecified atom stereocenters. The van der Waals surface area contributed by atoms with Crippen LogP contribution in [-0.4, -0.2) is 43.9 Å². The van der Waals surface area contributed by atoms with Gasteiger partial charge in [-0.1, -0.05) is 78.4 Å². The SMILES string of the molecule is Cc1ccc(S(=O)(=O)[C@@]2(C[C@@H](O)COCc3ccccc3)O[C@@H]2COCc2ccccc2)cc1. The van der Waals surface area contributed by atoms with E-state index in [2.05, 4.69) is 0 Å². The van der Waals surface area contributed by atoms with Crippen molar-refractivity contribution in [2.45, 2.75) is 48.6 Å². The number of aliphatic hydroxyl groups excluding tert-OH is 1. The highest BCUT2D eigenvalue weighted by molar-refractivity contribution is 7.93. The zero-order valence-electron chi connectivity index (χ0n) is 19.2. The molecule has 1 aliphatic rings. The summed E-state index contributed by atoms with van der Waals surface area (Å²) in [7, 11) is -3.88. The van der Waals surface area contributed by atoms with Gasteiger partial charge in [-0.3, -0.25) is 0 Å². The molecule has 1 aliphatic heterocycles. The molecular weight excluding hydrogens is 452 g/mol. The van der Waals surface area contributed by atoms with Crippen LogP contribution in [-0.2, 0) is 37.3 Å². The van der Waals surface area contributed by atoms with Gasteiger partial charge in [-0.05, 0) is 30.2 Å². The second kappa shape index (κ2) is 10.8. The molecule has 1 fully saturated rings. The summed E-state index contributed by atoms with van der Waals surface area (Å²) in [5.41, 5.74) is 2.93. The number of hydrogen-bond acceptors (Lipinski definition) is 6. The largest absolute Gasteiger partial charge is 0.391 e. The molecule has 7 heteroatoms. The fourth-order valence-electron chi connectivity index (χ4n) is 3.94. The first-order valence-corrected chi connectivity index (χ1v) is 12.8. The second-order valence-electron chi connectivity index (χ2n) is 8.59. The minimum Gasteiger partial charge on any atom is -0.391 e. The number of sulfone groups is 1. The van der Waals surface area contributed by atoms with Crippen LogP contribution in [0.15, 0.2) is 89.8 Å². The highest BCUT2D eigenvalue weighted by atomic mass is 32.2. The van der Waals surface area contributed by atoms with Crippen molar-refractivity contribution >= 4 is 9.84 Å². The smallest absolute Gasteiger partial charge is 0.210 e. The Labute approximate surface area is 201 Å². The molecule has 6 nitrogen and oxygen atoms in total. The molecule has 3 aromatic carbocycles. The van der Waals surface area contributed by atoms with Gasteiger partial charge in [0, 0.05) is 6.42 Å². The van der Waals surface area contributed by atoms with Gasteiger partial charge in [-0.2, -0.15) is 0 Å². The molecule has 1 N–H and O–H groups in total. The Morgan fingerprint density at radius 2 is 1.44 bits per heavy atom. The molecular formula is C27H30O6S. The van der Waals surface area contributed by atoms with Crippen molar-refractivity contribution in [3.8, 4) is 0 Å². The van der Waals surface area contributed by atoms with Crippen molar-refractivity contribution in [2.75, 3.05) is 13.2 Å². The first-order chi connectivity index (χ1) is 16.4. The van der Waals surface area contributed by atoms with Gasteiger partial charge in [0.2, 0.25) is 14.8 Å². The van der Waals surface area contributed by atoms with Crippen LogP contribution in [0.1, 0.15) is 23.1 Å². The fourth-order valence-corrected chi connectivity index (χ4v) is 5.90. The summed E-state index contributed by atoms with van der Waals surface area (Å²) in [4.78, 5) is -1.38. The van der Waals surface area contributed by atoms with E-state index in [9.17, 15) is 13.5 Å². The molecule has 3 atom stereocenters. The van der Waals surface area contributed by atoms with Crippen molar-refractivity contribution < 1.29 is 27.7 Å². The molecule has 1 saturated heterocycles. The van der Waals surface area contributed by atoms with Crippen molar-refractivity contribution in [1.29, 1.82) is 0 Å². The van der Waals surface area contributed by atoms with E-state index in [0.29, 0.717) is 13.2 Å². The molecule has 0 radical (unpaired) electrons. The highest BCUT2D eigenvalue weighted by Crippen LogP contribution is 2.48. The quantitative estimate of drug-likeness (QED) is 0.392. The number of benzene rings is 3. The lowest BCUT2D eigenvalue weighted by Crippen LogP contribution is -2.35. The normalized spacial score (nSPS) is 20.7. The first-order valence-electron chi connectivity index (χ1n) is 11.3. The van der Waals surface area contributed by atoms with Crippen LogP contribution < -0.4 is 0 Å². The van der Waals surface area contributed by atoms with Gasteiger partial charge >= 0.3 is 0 Å². The molecule has 0 aliphatic carbocycles. The third-order valence-electron chi connectivity index (χ3n) is 5.88. The van der Waals surface area contributed by atoms with E-state index in [4.69, 9.17) is 14.2 Å². The molecule has 3 aromatic rings. The Morgan fingerprint density at radius 3 is 2.03 bits per heavy atom. The molecule has 0 spiro atoms. The fraction of sp³-hybridized carbons (Fsp3) is 0.333. The van der Waals surface area contributed by atoms with E-state index < -0.39 is 27.0 Å². The number of hydrogen-bond donors (Lipinski definition) is 1. The number of ether oxygens (including phenoxy) is 3. The maximum atomic E-state index is 13.6. The minimum atomic E-state index is -3.88. The standard InChI is InChI=1S/C27H30O6S/c1-21-12-14-25(15-13-21)34(29,30)27(16-24(28)19-31-17-22-8-4-2-5-9-22)26(33-27)20-32-18-23-10-6-3-7-11-23/h2-15,24,26,28H,16-20H2,1H3/t24-,26-,27-/m1/s1. The molecule has 4 rings (SSSR count). The van der Waals surface area contributed by atoms with Gasteiger partial charge in [0.15, 0.2) is 0 Å². The third-order valence-corrected chi connectivity index (χ3v) is 8.21. The van der Waals surface area contributed by atoms with Crippen molar-refractivity contribution in [2.24, 2.45) is 0 Å². The van der Waals surface area contributed by atoms with Crippen molar-refractivity contribution in [3.05, 3.63) is 102 Å². The summed E-state index contributed by atoms with van der Waals surface area (Å²) in [5, 5.41) is 10.7. The van der Waals surface area contributed by atoms with Gasteiger partial charge in [0.1, 0.15) is 6.10 Å². The predicted molar refractivity (Wildman–Crippen MR) is 129 cm³/mol. The third kappa shape index (κ3) is 5.74. The van der Waals surface area contributed by atoms with Crippen molar-refractivity contribution in [3.63, 3.8) is 0 Å². The average molecular weight is 483 g/mol. The molecule has 0 saturated carbocycles. The van der Waals surface area contributed by atoms with Gasteiger partial charge in [0.25, 0.3) is 0 Å². The topological polar surface area (TPSA) is 85.4 Å². The summed E-state index contributed by atoms with van der Waals surface area (Å²) in [6.07, 6.45) is -1.79. The Morgan fingerprint density at radius 1 is 0.882 bits per heavy atom.